The van der Waals surface area contributed by atoms with Crippen molar-refractivity contribution < 1.29 is 4.79 Å². The van der Waals surface area contributed by atoms with Gasteiger partial charge in [-0.2, -0.15) is 0 Å². The summed E-state index contributed by atoms with van der Waals surface area (Å²) in [5, 5.41) is 3.06. The quantitative estimate of drug-likeness (QED) is 0.805. The lowest BCUT2D eigenvalue weighted by molar-refractivity contribution is 0.0948. The van der Waals surface area contributed by atoms with Crippen LogP contribution in [0.4, 0.5) is 11.4 Å². The van der Waals surface area contributed by atoms with E-state index in [1.807, 2.05) is 31.1 Å². The Kier molecular flexibility index (Phi) is 5.07. The molecule has 5 heteroatoms. The van der Waals surface area contributed by atoms with E-state index in [1.54, 1.807) is 6.07 Å². The van der Waals surface area contributed by atoms with Gasteiger partial charge in [-0.1, -0.05) is 6.92 Å². The monoisotopic (exact) mass is 290 g/mol. The van der Waals surface area contributed by atoms with E-state index in [0.29, 0.717) is 17.2 Å². The maximum atomic E-state index is 12.4. The molecular formula is C16H26N4O. The first-order chi connectivity index (χ1) is 10.0. The second-order valence-electron chi connectivity index (χ2n) is 5.93. The normalized spacial score (nSPS) is 18.7. The van der Waals surface area contributed by atoms with Gasteiger partial charge in [-0.25, -0.2) is 0 Å². The fourth-order valence-corrected chi connectivity index (χ4v) is 2.82. The SMILES string of the molecule is CCN1CCC(CNC(=O)c2cc(N)ccc2N(C)C)C1. The van der Waals surface area contributed by atoms with E-state index < -0.39 is 0 Å². The molecule has 0 radical (unpaired) electrons. The minimum atomic E-state index is -0.0408. The average molecular weight is 290 g/mol. The Bertz CT molecular complexity index is 501. The van der Waals surface area contributed by atoms with Gasteiger partial charge in [0.2, 0.25) is 0 Å². The summed E-state index contributed by atoms with van der Waals surface area (Å²) in [6, 6.07) is 5.46. The largest absolute Gasteiger partial charge is 0.399 e. The summed E-state index contributed by atoms with van der Waals surface area (Å²) in [6.45, 7) is 6.21. The van der Waals surface area contributed by atoms with Crippen molar-refractivity contribution in [3.05, 3.63) is 23.8 Å². The Morgan fingerprint density at radius 1 is 1.48 bits per heavy atom. The number of amides is 1. The molecule has 2 rings (SSSR count). The second kappa shape index (κ2) is 6.80. The fraction of sp³-hybridized carbons (Fsp3) is 0.562. The highest BCUT2D eigenvalue weighted by Gasteiger charge is 2.22. The molecule has 3 N–H and O–H groups in total. The van der Waals surface area contributed by atoms with E-state index in [4.69, 9.17) is 5.73 Å². The predicted octanol–water partition coefficient (Wildman–Crippen LogP) is 1.41. The molecule has 0 bridgehead atoms. The number of nitrogens with two attached hydrogens (primary N) is 1. The number of nitrogens with zero attached hydrogens (tertiary/aromatic N) is 2. The molecule has 1 aromatic carbocycles. The molecule has 1 fully saturated rings. The molecule has 1 aliphatic rings. The van der Waals surface area contributed by atoms with Crippen LogP contribution in [0.15, 0.2) is 18.2 Å². The fourth-order valence-electron chi connectivity index (χ4n) is 2.82. The first-order valence-corrected chi connectivity index (χ1v) is 7.58. The Balaban J connectivity index is 1.99. The number of benzene rings is 1. The van der Waals surface area contributed by atoms with Crippen LogP contribution in [0.3, 0.4) is 0 Å². The number of likely N-dealkylation sites (tertiary alicyclic amines) is 1. The van der Waals surface area contributed by atoms with Gasteiger partial charge in [0.25, 0.3) is 5.91 Å². The van der Waals surface area contributed by atoms with Crippen molar-refractivity contribution in [3.63, 3.8) is 0 Å². The van der Waals surface area contributed by atoms with Crippen LogP contribution in [0.2, 0.25) is 0 Å². The van der Waals surface area contributed by atoms with Crippen LogP contribution >= 0.6 is 0 Å². The molecule has 1 saturated heterocycles. The van der Waals surface area contributed by atoms with Gasteiger partial charge in [-0.3, -0.25) is 4.79 Å². The average Bonchev–Trinajstić information content (AvgIpc) is 2.92. The third-order valence-corrected chi connectivity index (χ3v) is 4.12. The predicted molar refractivity (Wildman–Crippen MR) is 87.7 cm³/mol. The molecule has 1 aliphatic heterocycles. The molecule has 0 spiro atoms. The first-order valence-electron chi connectivity index (χ1n) is 7.58. The number of hydrogen-bond acceptors (Lipinski definition) is 4. The van der Waals surface area contributed by atoms with Crippen LogP contribution in [0.1, 0.15) is 23.7 Å². The molecular weight excluding hydrogens is 264 g/mol. The summed E-state index contributed by atoms with van der Waals surface area (Å²) in [7, 11) is 3.86. The zero-order valence-corrected chi connectivity index (χ0v) is 13.2. The number of hydrogen-bond donors (Lipinski definition) is 2. The lowest BCUT2D eigenvalue weighted by atomic mass is 10.1. The molecule has 5 nitrogen and oxygen atoms in total. The van der Waals surface area contributed by atoms with Crippen LogP contribution in [-0.4, -0.2) is 51.1 Å². The van der Waals surface area contributed by atoms with E-state index in [2.05, 4.69) is 17.1 Å². The van der Waals surface area contributed by atoms with Crippen LogP contribution in [0, 0.1) is 5.92 Å². The highest BCUT2D eigenvalue weighted by atomic mass is 16.1. The van der Waals surface area contributed by atoms with E-state index in [1.165, 1.54) is 0 Å². The summed E-state index contributed by atoms with van der Waals surface area (Å²) in [5.41, 5.74) is 7.97. The van der Waals surface area contributed by atoms with Crippen molar-refractivity contribution in [2.45, 2.75) is 13.3 Å². The summed E-state index contributed by atoms with van der Waals surface area (Å²) in [5.74, 6) is 0.513. The number of nitrogen functional groups attached to an aromatic ring is 1. The zero-order chi connectivity index (χ0) is 15.4. The van der Waals surface area contributed by atoms with Gasteiger partial charge in [-0.15, -0.1) is 0 Å². The Labute approximate surface area is 127 Å². The smallest absolute Gasteiger partial charge is 0.253 e. The molecule has 1 atom stereocenters. The van der Waals surface area contributed by atoms with Crippen molar-refractivity contribution >= 4 is 17.3 Å². The Hall–Kier alpha value is -1.75. The lowest BCUT2D eigenvalue weighted by Crippen LogP contribution is -2.32. The minimum Gasteiger partial charge on any atom is -0.399 e. The maximum Gasteiger partial charge on any atom is 0.253 e. The summed E-state index contributed by atoms with van der Waals surface area (Å²) in [4.78, 5) is 16.8. The van der Waals surface area contributed by atoms with E-state index in [9.17, 15) is 4.79 Å². The molecule has 116 valence electrons. The van der Waals surface area contributed by atoms with Crippen molar-refractivity contribution in [1.82, 2.24) is 10.2 Å². The van der Waals surface area contributed by atoms with Crippen molar-refractivity contribution in [3.8, 4) is 0 Å². The molecule has 1 unspecified atom stereocenters. The number of anilines is 2. The van der Waals surface area contributed by atoms with Crippen LogP contribution in [-0.2, 0) is 0 Å². The second-order valence-corrected chi connectivity index (χ2v) is 5.93. The summed E-state index contributed by atoms with van der Waals surface area (Å²) in [6.07, 6.45) is 1.16. The van der Waals surface area contributed by atoms with E-state index in [-0.39, 0.29) is 5.91 Å². The number of rotatable bonds is 5. The van der Waals surface area contributed by atoms with Crippen molar-refractivity contribution in [2.24, 2.45) is 5.92 Å². The molecule has 1 aromatic rings. The third-order valence-electron chi connectivity index (χ3n) is 4.12. The Morgan fingerprint density at radius 2 is 2.24 bits per heavy atom. The van der Waals surface area contributed by atoms with Gasteiger partial charge >= 0.3 is 0 Å². The van der Waals surface area contributed by atoms with Crippen molar-refractivity contribution in [2.75, 3.05) is 50.9 Å². The lowest BCUT2D eigenvalue weighted by Gasteiger charge is -2.18. The molecule has 0 aliphatic carbocycles. The first kappa shape index (κ1) is 15.6. The minimum absolute atomic E-state index is 0.0408. The standard InChI is InChI=1S/C16H26N4O/c1-4-20-8-7-12(11-20)10-18-16(21)14-9-13(17)5-6-15(14)19(2)3/h5-6,9,12H,4,7-8,10-11,17H2,1-3H3,(H,18,21). The van der Waals surface area contributed by atoms with Gasteiger partial charge in [0.05, 0.1) is 5.56 Å². The van der Waals surface area contributed by atoms with E-state index in [0.717, 1.165) is 38.3 Å². The summed E-state index contributed by atoms with van der Waals surface area (Å²) < 4.78 is 0. The maximum absolute atomic E-state index is 12.4. The summed E-state index contributed by atoms with van der Waals surface area (Å²) >= 11 is 0. The number of carbonyl (C=O) groups is 1. The molecule has 0 aromatic heterocycles. The van der Waals surface area contributed by atoms with Gasteiger partial charge in [0.15, 0.2) is 0 Å². The highest BCUT2D eigenvalue weighted by Crippen LogP contribution is 2.22. The van der Waals surface area contributed by atoms with Crippen LogP contribution in [0.5, 0.6) is 0 Å². The van der Waals surface area contributed by atoms with Crippen molar-refractivity contribution in [1.29, 1.82) is 0 Å². The number of carbonyl (C=O) groups excluding carboxylic acids is 1. The third kappa shape index (κ3) is 3.88. The molecule has 1 heterocycles. The van der Waals surface area contributed by atoms with Gasteiger partial charge < -0.3 is 20.9 Å². The zero-order valence-electron chi connectivity index (χ0n) is 13.2. The Morgan fingerprint density at radius 3 is 2.86 bits per heavy atom. The number of nitrogens with one attached hydrogen (secondary N) is 1. The molecule has 21 heavy (non-hydrogen) atoms. The topological polar surface area (TPSA) is 61.6 Å². The van der Waals surface area contributed by atoms with Gasteiger partial charge in [0, 0.05) is 38.6 Å². The van der Waals surface area contributed by atoms with E-state index >= 15 is 0 Å². The van der Waals surface area contributed by atoms with Gasteiger partial charge in [-0.05, 0) is 43.6 Å². The van der Waals surface area contributed by atoms with Gasteiger partial charge in [0.1, 0.15) is 0 Å². The van der Waals surface area contributed by atoms with Crippen LogP contribution in [0.25, 0.3) is 0 Å². The molecule has 1 amide bonds. The molecule has 0 saturated carbocycles. The highest BCUT2D eigenvalue weighted by molar-refractivity contribution is 6.00. The van der Waals surface area contributed by atoms with Crippen LogP contribution < -0.4 is 16.0 Å².